The molecule has 1 aliphatic heterocycles. The highest BCUT2D eigenvalue weighted by molar-refractivity contribution is 9.11. The van der Waals surface area contributed by atoms with E-state index < -0.39 is 0 Å². The highest BCUT2D eigenvalue weighted by Crippen LogP contribution is 2.44. The van der Waals surface area contributed by atoms with Gasteiger partial charge in [-0.3, -0.25) is 4.79 Å². The zero-order valence-electron chi connectivity index (χ0n) is 20.7. The van der Waals surface area contributed by atoms with Crippen molar-refractivity contribution in [1.29, 1.82) is 0 Å². The van der Waals surface area contributed by atoms with Crippen molar-refractivity contribution in [2.45, 2.75) is 50.8 Å². The Morgan fingerprint density at radius 1 is 1.03 bits per heavy atom. The number of hydrogen-bond donors (Lipinski definition) is 1. The maximum atomic E-state index is 13.9. The highest BCUT2D eigenvalue weighted by atomic mass is 79.9. The summed E-state index contributed by atoms with van der Waals surface area (Å²) in [5, 5.41) is 3.62. The minimum absolute atomic E-state index is 0.0855. The van der Waals surface area contributed by atoms with Crippen LogP contribution < -0.4 is 10.1 Å². The summed E-state index contributed by atoms with van der Waals surface area (Å²) in [6, 6.07) is 24.5. The van der Waals surface area contributed by atoms with Crippen LogP contribution in [0.3, 0.4) is 0 Å². The Balaban J connectivity index is 1.47. The molecule has 0 aromatic heterocycles. The second-order valence-corrected chi connectivity index (χ2v) is 12.5. The van der Waals surface area contributed by atoms with E-state index in [1.165, 1.54) is 6.42 Å². The molecule has 1 aliphatic carbocycles. The van der Waals surface area contributed by atoms with Crippen molar-refractivity contribution in [2.24, 2.45) is 5.92 Å². The van der Waals surface area contributed by atoms with Crippen LogP contribution in [0, 0.1) is 5.92 Å². The SMILES string of the molecule is C[C@H]1CCCC[C@@H]1N1C(=O)/C(=C/c2cc(Br)cc(Br)c2OCc2ccccc2)SC1Nc1ccccc1. The molecule has 3 aromatic rings. The third-order valence-corrected chi connectivity index (χ3v) is 9.14. The molecule has 1 heterocycles. The molecular formula is C30H30Br2N2O2S. The topological polar surface area (TPSA) is 41.6 Å². The van der Waals surface area contributed by atoms with Gasteiger partial charge in [-0.1, -0.05) is 96.0 Å². The van der Waals surface area contributed by atoms with E-state index in [0.29, 0.717) is 12.5 Å². The molecule has 1 unspecified atom stereocenters. The van der Waals surface area contributed by atoms with Crippen LogP contribution in [0.4, 0.5) is 5.69 Å². The largest absolute Gasteiger partial charge is 0.487 e. The Kier molecular flexibility index (Phi) is 8.63. The van der Waals surface area contributed by atoms with Crippen LogP contribution in [0.2, 0.25) is 0 Å². The average molecular weight is 642 g/mol. The molecule has 3 atom stereocenters. The van der Waals surface area contributed by atoms with E-state index in [0.717, 1.165) is 55.7 Å². The van der Waals surface area contributed by atoms with Crippen molar-refractivity contribution < 1.29 is 9.53 Å². The molecule has 3 aromatic carbocycles. The lowest BCUT2D eigenvalue weighted by Crippen LogP contribution is -2.48. The van der Waals surface area contributed by atoms with Gasteiger partial charge in [0.15, 0.2) is 5.50 Å². The molecule has 192 valence electrons. The number of nitrogens with one attached hydrogen (secondary N) is 1. The fraction of sp³-hybridized carbons (Fsp3) is 0.300. The van der Waals surface area contributed by atoms with Crippen LogP contribution in [-0.2, 0) is 11.4 Å². The molecule has 0 bridgehead atoms. The van der Waals surface area contributed by atoms with Crippen LogP contribution in [0.1, 0.15) is 43.7 Å². The van der Waals surface area contributed by atoms with Crippen molar-refractivity contribution in [3.05, 3.63) is 97.8 Å². The standard InChI is InChI=1S/C30H30Br2N2O2S/c1-20-10-8-9-15-26(20)34-29(35)27(37-30(34)33-24-13-6-3-7-14-24)17-22-16-23(31)18-25(32)28(22)36-19-21-11-4-2-5-12-21/h2-7,11-14,16-18,20,26,30,33H,8-10,15,19H2,1H3/b27-17-/t20-,26-,30?/m0/s1. The zero-order valence-corrected chi connectivity index (χ0v) is 24.7. The average Bonchev–Trinajstić information content (AvgIpc) is 3.19. The number of anilines is 1. The van der Waals surface area contributed by atoms with Gasteiger partial charge in [-0.05, 0) is 70.6 Å². The maximum Gasteiger partial charge on any atom is 0.262 e. The van der Waals surface area contributed by atoms with E-state index in [1.807, 2.05) is 66.7 Å². The smallest absolute Gasteiger partial charge is 0.262 e. The first-order chi connectivity index (χ1) is 18.0. The molecular weight excluding hydrogens is 612 g/mol. The second-order valence-electron chi connectivity index (χ2n) is 9.61. The van der Waals surface area contributed by atoms with Gasteiger partial charge in [0.1, 0.15) is 12.4 Å². The van der Waals surface area contributed by atoms with Crippen LogP contribution in [0.15, 0.2) is 86.6 Å². The second kappa shape index (κ2) is 12.1. The number of amides is 1. The Labute approximate surface area is 240 Å². The predicted octanol–water partition coefficient (Wildman–Crippen LogP) is 8.68. The number of para-hydroxylation sites is 1. The third kappa shape index (κ3) is 6.27. The molecule has 1 amide bonds. The lowest BCUT2D eigenvalue weighted by Gasteiger charge is -2.39. The van der Waals surface area contributed by atoms with Crippen LogP contribution in [0.5, 0.6) is 5.75 Å². The van der Waals surface area contributed by atoms with Gasteiger partial charge >= 0.3 is 0 Å². The molecule has 2 fully saturated rings. The van der Waals surface area contributed by atoms with Gasteiger partial charge in [0.2, 0.25) is 0 Å². The fourth-order valence-electron chi connectivity index (χ4n) is 5.08. The summed E-state index contributed by atoms with van der Waals surface area (Å²) in [5.74, 6) is 1.29. The molecule has 7 heteroatoms. The summed E-state index contributed by atoms with van der Waals surface area (Å²) in [6.07, 6.45) is 6.58. The number of nitrogens with zero attached hydrogens (tertiary/aromatic N) is 1. The van der Waals surface area contributed by atoms with Crippen LogP contribution in [0.25, 0.3) is 6.08 Å². The van der Waals surface area contributed by atoms with Gasteiger partial charge < -0.3 is 15.0 Å². The number of carbonyl (C=O) groups excluding carboxylic acids is 1. The molecule has 1 N–H and O–H groups in total. The van der Waals surface area contributed by atoms with Gasteiger partial charge in [0.05, 0.1) is 9.38 Å². The van der Waals surface area contributed by atoms with E-state index in [9.17, 15) is 4.79 Å². The van der Waals surface area contributed by atoms with Gasteiger partial charge in [-0.25, -0.2) is 0 Å². The number of carbonyl (C=O) groups is 1. The lowest BCUT2D eigenvalue weighted by molar-refractivity contribution is -0.129. The minimum Gasteiger partial charge on any atom is -0.487 e. The summed E-state index contributed by atoms with van der Waals surface area (Å²) >= 11 is 8.88. The summed E-state index contributed by atoms with van der Waals surface area (Å²) in [7, 11) is 0. The Bertz CT molecular complexity index is 1270. The molecule has 1 saturated carbocycles. The zero-order chi connectivity index (χ0) is 25.8. The Morgan fingerprint density at radius 2 is 1.73 bits per heavy atom. The van der Waals surface area contributed by atoms with E-state index in [1.54, 1.807) is 11.8 Å². The summed E-state index contributed by atoms with van der Waals surface area (Å²) in [4.78, 5) is 16.8. The number of halogens is 2. The van der Waals surface area contributed by atoms with Crippen molar-refractivity contribution in [3.8, 4) is 5.75 Å². The Hall–Kier alpha value is -2.22. The van der Waals surface area contributed by atoms with Crippen molar-refractivity contribution in [1.82, 2.24) is 4.90 Å². The van der Waals surface area contributed by atoms with E-state index in [-0.39, 0.29) is 17.4 Å². The molecule has 1 saturated heterocycles. The fourth-order valence-corrected chi connectivity index (χ4v) is 7.65. The predicted molar refractivity (Wildman–Crippen MR) is 160 cm³/mol. The normalized spacial score (nSPS) is 22.9. The van der Waals surface area contributed by atoms with Crippen molar-refractivity contribution in [2.75, 3.05) is 5.32 Å². The molecule has 4 nitrogen and oxygen atoms in total. The van der Waals surface area contributed by atoms with E-state index in [4.69, 9.17) is 4.74 Å². The monoisotopic (exact) mass is 640 g/mol. The number of thioether (sulfide) groups is 1. The lowest BCUT2D eigenvalue weighted by atomic mass is 9.85. The molecule has 0 radical (unpaired) electrons. The van der Waals surface area contributed by atoms with E-state index >= 15 is 0 Å². The number of hydrogen-bond acceptors (Lipinski definition) is 4. The number of benzene rings is 3. The summed E-state index contributed by atoms with van der Waals surface area (Å²) in [5.41, 5.74) is 2.81. The minimum atomic E-state index is -0.156. The molecule has 5 rings (SSSR count). The van der Waals surface area contributed by atoms with Crippen molar-refractivity contribution >= 4 is 61.3 Å². The molecule has 37 heavy (non-hydrogen) atoms. The first-order valence-corrected chi connectivity index (χ1v) is 15.1. The van der Waals surface area contributed by atoms with Gasteiger partial charge in [-0.2, -0.15) is 0 Å². The van der Waals surface area contributed by atoms with E-state index in [2.05, 4.69) is 61.1 Å². The highest BCUT2D eigenvalue weighted by Gasteiger charge is 2.43. The van der Waals surface area contributed by atoms with Gasteiger partial charge in [0.25, 0.3) is 5.91 Å². The van der Waals surface area contributed by atoms with Gasteiger partial charge in [0, 0.05) is 21.8 Å². The van der Waals surface area contributed by atoms with Crippen LogP contribution >= 0.6 is 43.6 Å². The molecule has 2 aliphatic rings. The van der Waals surface area contributed by atoms with Crippen LogP contribution in [-0.4, -0.2) is 22.3 Å². The molecule has 0 spiro atoms. The number of ether oxygens (including phenoxy) is 1. The van der Waals surface area contributed by atoms with Gasteiger partial charge in [-0.15, -0.1) is 0 Å². The maximum absolute atomic E-state index is 13.9. The Morgan fingerprint density at radius 3 is 2.46 bits per heavy atom. The third-order valence-electron chi connectivity index (χ3n) is 6.97. The quantitative estimate of drug-likeness (QED) is 0.262. The summed E-state index contributed by atoms with van der Waals surface area (Å²) in [6.45, 7) is 2.73. The first kappa shape index (κ1) is 26.4. The summed E-state index contributed by atoms with van der Waals surface area (Å²) < 4.78 is 8.04. The number of rotatable bonds is 7. The first-order valence-electron chi connectivity index (χ1n) is 12.7. The van der Waals surface area contributed by atoms with Crippen molar-refractivity contribution in [3.63, 3.8) is 0 Å².